The molecule has 2 heterocycles. The Bertz CT molecular complexity index is 1210. The average Bonchev–Trinajstić information content (AvgIpc) is 3.08. The molecule has 0 radical (unpaired) electrons. The van der Waals surface area contributed by atoms with E-state index in [9.17, 15) is 13.2 Å². The highest BCUT2D eigenvalue weighted by atomic mass is 32.2. The number of carbonyl (C=O) groups excluding carboxylic acids is 1. The van der Waals surface area contributed by atoms with E-state index in [1.54, 1.807) is 12.1 Å². The summed E-state index contributed by atoms with van der Waals surface area (Å²) >= 11 is 0. The molecule has 0 aliphatic carbocycles. The van der Waals surface area contributed by atoms with Crippen molar-refractivity contribution in [2.24, 2.45) is 0 Å². The van der Waals surface area contributed by atoms with Gasteiger partial charge in [0.15, 0.2) is 0 Å². The summed E-state index contributed by atoms with van der Waals surface area (Å²) in [6.07, 6.45) is -0.0922. The van der Waals surface area contributed by atoms with Crippen LogP contribution in [0.3, 0.4) is 0 Å². The number of esters is 1. The number of hydrogen-bond acceptors (Lipinski definition) is 5. The van der Waals surface area contributed by atoms with Gasteiger partial charge in [0, 0.05) is 5.56 Å². The van der Waals surface area contributed by atoms with E-state index < -0.39 is 28.4 Å². The Morgan fingerprint density at radius 3 is 2.27 bits per heavy atom. The summed E-state index contributed by atoms with van der Waals surface area (Å²) in [7, 11) is -4.08. The van der Waals surface area contributed by atoms with Gasteiger partial charge in [0.25, 0.3) is 0 Å². The third kappa shape index (κ3) is 3.16. The number of para-hydroxylation sites is 1. The highest BCUT2D eigenvalue weighted by Crippen LogP contribution is 2.53. The number of carbonyl (C=O) groups is 1. The molecule has 0 N–H and O–H groups in total. The minimum atomic E-state index is -4.08. The number of nitrogens with zero attached hydrogens (tertiary/aromatic N) is 1. The van der Waals surface area contributed by atoms with E-state index in [2.05, 4.69) is 0 Å². The van der Waals surface area contributed by atoms with E-state index in [0.29, 0.717) is 5.75 Å². The predicted octanol–water partition coefficient (Wildman–Crippen LogP) is 3.90. The first-order valence-electron chi connectivity index (χ1n) is 9.65. The fourth-order valence-electron chi connectivity index (χ4n) is 4.20. The first kappa shape index (κ1) is 18.8. The van der Waals surface area contributed by atoms with Gasteiger partial charge in [-0.2, -0.15) is 8.42 Å². The van der Waals surface area contributed by atoms with E-state index in [4.69, 9.17) is 8.92 Å². The number of rotatable bonds is 4. The molecule has 0 unspecified atom stereocenters. The van der Waals surface area contributed by atoms with Gasteiger partial charge in [0.2, 0.25) is 0 Å². The van der Waals surface area contributed by atoms with Crippen molar-refractivity contribution in [1.82, 2.24) is 4.31 Å². The van der Waals surface area contributed by atoms with Crippen LogP contribution in [0, 0.1) is 0 Å². The molecule has 0 saturated carbocycles. The summed E-state index contributed by atoms with van der Waals surface area (Å²) < 4.78 is 38.1. The Hall–Kier alpha value is -3.16. The van der Waals surface area contributed by atoms with Gasteiger partial charge in [-0.15, -0.1) is 4.31 Å². The molecule has 5 rings (SSSR count). The standard InChI is InChI=1S/C23H19NO5S/c25-22(28-15-16-8-2-1-3-9-16)14-20-17-10-4-5-11-18(17)23-19-12-6-7-13-21(19)29-30(26,27)24(20)23/h1-13,20,23H,14-15H2/t20-,23-/m1/s1. The molecule has 2 aliphatic heterocycles. The Kier molecular flexibility index (Phi) is 4.56. The quantitative estimate of drug-likeness (QED) is 0.598. The lowest BCUT2D eigenvalue weighted by Gasteiger charge is -2.33. The third-order valence-electron chi connectivity index (χ3n) is 5.48. The van der Waals surface area contributed by atoms with Crippen molar-refractivity contribution in [1.29, 1.82) is 0 Å². The first-order valence-corrected chi connectivity index (χ1v) is 11.0. The van der Waals surface area contributed by atoms with E-state index in [-0.39, 0.29) is 13.0 Å². The molecule has 0 spiro atoms. The SMILES string of the molecule is O=C(C[C@@H]1c2ccccc2[C@@H]2c3ccccc3OS(=O)(=O)N21)OCc1ccccc1. The number of fused-ring (bicyclic) bond motifs is 5. The minimum absolute atomic E-state index is 0.0922. The van der Waals surface area contributed by atoms with Crippen molar-refractivity contribution < 1.29 is 22.1 Å². The molecular formula is C23H19NO5S. The monoisotopic (exact) mass is 421 g/mol. The van der Waals surface area contributed by atoms with Gasteiger partial charge in [-0.25, -0.2) is 0 Å². The predicted molar refractivity (Wildman–Crippen MR) is 110 cm³/mol. The largest absolute Gasteiger partial charge is 0.461 e. The molecule has 152 valence electrons. The van der Waals surface area contributed by atoms with E-state index in [0.717, 1.165) is 22.3 Å². The summed E-state index contributed by atoms with van der Waals surface area (Å²) in [5, 5.41) is 0. The highest BCUT2D eigenvalue weighted by molar-refractivity contribution is 7.84. The fourth-order valence-corrected chi connectivity index (χ4v) is 5.65. The molecule has 2 atom stereocenters. The second kappa shape index (κ2) is 7.27. The van der Waals surface area contributed by atoms with Crippen molar-refractivity contribution >= 4 is 16.3 Å². The van der Waals surface area contributed by atoms with Crippen LogP contribution < -0.4 is 4.18 Å². The van der Waals surface area contributed by atoms with Crippen LogP contribution in [0.4, 0.5) is 0 Å². The van der Waals surface area contributed by atoms with Gasteiger partial charge in [-0.1, -0.05) is 72.8 Å². The maximum Gasteiger partial charge on any atom is 0.386 e. The number of hydrogen-bond donors (Lipinski definition) is 0. The normalized spacial score (nSPS) is 21.1. The maximum absolute atomic E-state index is 13.0. The molecule has 0 saturated heterocycles. The third-order valence-corrected chi connectivity index (χ3v) is 6.85. The van der Waals surface area contributed by atoms with Crippen LogP contribution in [-0.4, -0.2) is 18.7 Å². The molecule has 0 amide bonds. The average molecular weight is 421 g/mol. The topological polar surface area (TPSA) is 72.9 Å². The summed E-state index contributed by atoms with van der Waals surface area (Å²) in [5.74, 6) is -0.144. The summed E-state index contributed by atoms with van der Waals surface area (Å²) in [5.41, 5.74) is 3.29. The minimum Gasteiger partial charge on any atom is -0.461 e. The van der Waals surface area contributed by atoms with Crippen LogP contribution in [0.15, 0.2) is 78.9 Å². The van der Waals surface area contributed by atoms with Crippen LogP contribution >= 0.6 is 0 Å². The van der Waals surface area contributed by atoms with Gasteiger partial charge in [0.1, 0.15) is 12.4 Å². The van der Waals surface area contributed by atoms with Crippen LogP contribution in [0.25, 0.3) is 0 Å². The lowest BCUT2D eigenvalue weighted by Crippen LogP contribution is -2.40. The van der Waals surface area contributed by atoms with Crippen LogP contribution in [0.1, 0.15) is 40.8 Å². The molecule has 0 fully saturated rings. The Morgan fingerprint density at radius 1 is 0.867 bits per heavy atom. The van der Waals surface area contributed by atoms with Crippen LogP contribution in [-0.2, 0) is 26.4 Å². The lowest BCUT2D eigenvalue weighted by atomic mass is 9.96. The molecular weight excluding hydrogens is 402 g/mol. The maximum atomic E-state index is 13.0. The summed E-state index contributed by atoms with van der Waals surface area (Å²) in [6, 6.07) is 22.7. The highest BCUT2D eigenvalue weighted by Gasteiger charge is 2.51. The summed E-state index contributed by atoms with van der Waals surface area (Å²) in [6.45, 7) is 0.142. The Labute approximate surface area is 174 Å². The van der Waals surface area contributed by atoms with Crippen molar-refractivity contribution in [3.05, 3.63) is 101 Å². The second-order valence-corrected chi connectivity index (χ2v) is 8.75. The van der Waals surface area contributed by atoms with Crippen LogP contribution in [0.5, 0.6) is 5.75 Å². The molecule has 30 heavy (non-hydrogen) atoms. The Balaban J connectivity index is 1.48. The lowest BCUT2D eigenvalue weighted by molar-refractivity contribution is -0.146. The Morgan fingerprint density at radius 2 is 1.50 bits per heavy atom. The molecule has 3 aromatic rings. The number of ether oxygens (including phenoxy) is 1. The van der Waals surface area contributed by atoms with Gasteiger partial charge < -0.3 is 8.92 Å². The first-order chi connectivity index (χ1) is 14.5. The van der Waals surface area contributed by atoms with Gasteiger partial charge >= 0.3 is 16.3 Å². The van der Waals surface area contributed by atoms with E-state index in [1.165, 1.54) is 4.31 Å². The van der Waals surface area contributed by atoms with Gasteiger partial charge in [-0.3, -0.25) is 4.79 Å². The van der Waals surface area contributed by atoms with Crippen molar-refractivity contribution in [3.8, 4) is 5.75 Å². The fraction of sp³-hybridized carbons (Fsp3) is 0.174. The molecule has 0 bridgehead atoms. The number of benzene rings is 3. The smallest absolute Gasteiger partial charge is 0.386 e. The van der Waals surface area contributed by atoms with Crippen molar-refractivity contribution in [2.45, 2.75) is 25.1 Å². The molecule has 0 aromatic heterocycles. The molecule has 6 nitrogen and oxygen atoms in total. The van der Waals surface area contributed by atoms with Gasteiger partial charge in [-0.05, 0) is 22.8 Å². The van der Waals surface area contributed by atoms with Gasteiger partial charge in [0.05, 0.1) is 18.5 Å². The zero-order valence-corrected chi connectivity index (χ0v) is 16.8. The zero-order valence-electron chi connectivity index (χ0n) is 16.0. The molecule has 2 aliphatic rings. The van der Waals surface area contributed by atoms with Crippen molar-refractivity contribution in [2.75, 3.05) is 0 Å². The second-order valence-electron chi connectivity index (χ2n) is 7.31. The summed E-state index contributed by atoms with van der Waals surface area (Å²) in [4.78, 5) is 12.6. The van der Waals surface area contributed by atoms with E-state index in [1.807, 2.05) is 66.7 Å². The molecule has 3 aromatic carbocycles. The van der Waals surface area contributed by atoms with Crippen molar-refractivity contribution in [3.63, 3.8) is 0 Å². The zero-order chi connectivity index (χ0) is 20.7. The van der Waals surface area contributed by atoms with Crippen LogP contribution in [0.2, 0.25) is 0 Å². The van der Waals surface area contributed by atoms with E-state index >= 15 is 0 Å². The molecule has 7 heteroatoms.